The maximum atomic E-state index is 12.8. The first-order chi connectivity index (χ1) is 8.40. The summed E-state index contributed by atoms with van der Waals surface area (Å²) < 4.78 is 39.1. The molecule has 8 heteroatoms. The van der Waals surface area contributed by atoms with Gasteiger partial charge in [0.05, 0.1) is 11.1 Å². The van der Waals surface area contributed by atoms with Gasteiger partial charge in [0.2, 0.25) is 15.1 Å². The quantitative estimate of drug-likeness (QED) is 0.924. The first kappa shape index (κ1) is 13.8. The number of carbonyl (C=O) groups excluding carboxylic acids is 1. The summed E-state index contributed by atoms with van der Waals surface area (Å²) in [6.45, 7) is 0. The average Bonchev–Trinajstić information content (AvgIpc) is 2.63. The van der Waals surface area contributed by atoms with Crippen molar-refractivity contribution in [3.05, 3.63) is 29.0 Å². The van der Waals surface area contributed by atoms with Crippen LogP contribution in [0.3, 0.4) is 0 Å². The van der Waals surface area contributed by atoms with Crippen molar-refractivity contribution in [2.24, 2.45) is 0 Å². The molecule has 1 aliphatic rings. The number of halogens is 2. The van der Waals surface area contributed by atoms with Gasteiger partial charge in [-0.3, -0.25) is 4.79 Å². The van der Waals surface area contributed by atoms with Crippen LogP contribution in [0.15, 0.2) is 23.1 Å². The molecule has 0 unspecified atom stereocenters. The fraction of sp³-hybridized carbons (Fsp3) is 0.300. The summed E-state index contributed by atoms with van der Waals surface area (Å²) in [4.78, 5) is 11.1. The van der Waals surface area contributed by atoms with Crippen LogP contribution >= 0.6 is 23.4 Å². The highest BCUT2D eigenvalue weighted by atomic mass is 35.5. The van der Waals surface area contributed by atoms with E-state index in [-0.39, 0.29) is 15.0 Å². The van der Waals surface area contributed by atoms with Crippen LogP contribution in [0.2, 0.25) is 5.02 Å². The van der Waals surface area contributed by atoms with Crippen molar-refractivity contribution >= 4 is 38.5 Å². The predicted molar refractivity (Wildman–Crippen MR) is 67.6 cm³/mol. The first-order valence-corrected chi connectivity index (χ1v) is 7.89. The third-order valence-corrected chi connectivity index (χ3v) is 5.38. The zero-order valence-corrected chi connectivity index (χ0v) is 11.4. The molecule has 1 aliphatic heterocycles. The van der Waals surface area contributed by atoms with Gasteiger partial charge < -0.3 is 0 Å². The first-order valence-electron chi connectivity index (χ1n) is 5.04. The highest BCUT2D eigenvalue weighted by Crippen LogP contribution is 2.25. The maximum Gasteiger partial charge on any atom is 0.242 e. The Morgan fingerprint density at radius 2 is 2.17 bits per heavy atom. The van der Waals surface area contributed by atoms with Crippen molar-refractivity contribution in [1.82, 2.24) is 4.72 Å². The van der Waals surface area contributed by atoms with Gasteiger partial charge in [-0.2, -0.15) is 4.72 Å². The van der Waals surface area contributed by atoms with E-state index in [2.05, 4.69) is 4.72 Å². The van der Waals surface area contributed by atoms with Gasteiger partial charge in [0.1, 0.15) is 10.7 Å². The van der Waals surface area contributed by atoms with Crippen LogP contribution in [-0.4, -0.2) is 25.3 Å². The second kappa shape index (κ2) is 5.16. The highest BCUT2D eigenvalue weighted by molar-refractivity contribution is 8.14. The zero-order chi connectivity index (χ0) is 13.3. The van der Waals surface area contributed by atoms with Crippen LogP contribution in [-0.2, 0) is 14.8 Å². The molecule has 1 N–H and O–H groups in total. The molecule has 1 aromatic rings. The monoisotopic (exact) mass is 309 g/mol. The molecule has 1 atom stereocenters. The van der Waals surface area contributed by atoms with Crippen molar-refractivity contribution in [1.29, 1.82) is 0 Å². The van der Waals surface area contributed by atoms with Crippen LogP contribution in [0.4, 0.5) is 4.39 Å². The lowest BCUT2D eigenvalue weighted by Gasteiger charge is -2.11. The average molecular weight is 310 g/mol. The zero-order valence-electron chi connectivity index (χ0n) is 9.02. The van der Waals surface area contributed by atoms with Gasteiger partial charge in [0, 0.05) is 5.75 Å². The van der Waals surface area contributed by atoms with Gasteiger partial charge in [0.25, 0.3) is 0 Å². The van der Waals surface area contributed by atoms with E-state index in [1.54, 1.807) is 0 Å². The molecule has 2 rings (SSSR count). The Labute approximate surface area is 113 Å². The van der Waals surface area contributed by atoms with E-state index in [4.69, 9.17) is 11.6 Å². The highest BCUT2D eigenvalue weighted by Gasteiger charge is 2.31. The second-order valence-corrected chi connectivity index (χ2v) is 6.89. The van der Waals surface area contributed by atoms with E-state index in [1.807, 2.05) is 0 Å². The van der Waals surface area contributed by atoms with Crippen LogP contribution in [0, 0.1) is 5.82 Å². The largest absolute Gasteiger partial charge is 0.285 e. The predicted octanol–water partition coefficient (Wildman–Crippen LogP) is 1.79. The van der Waals surface area contributed by atoms with Crippen LogP contribution < -0.4 is 4.72 Å². The van der Waals surface area contributed by atoms with Gasteiger partial charge in [-0.05, 0) is 24.6 Å². The summed E-state index contributed by atoms with van der Waals surface area (Å²) >= 11 is 6.78. The number of sulfonamides is 1. The van der Waals surface area contributed by atoms with Gasteiger partial charge >= 0.3 is 0 Å². The summed E-state index contributed by atoms with van der Waals surface area (Å²) in [6, 6.07) is 2.26. The Morgan fingerprint density at radius 1 is 1.44 bits per heavy atom. The number of thioether (sulfide) groups is 1. The number of nitrogens with one attached hydrogen (secondary N) is 1. The Bertz CT molecular complexity index is 591. The van der Waals surface area contributed by atoms with Gasteiger partial charge in [0.15, 0.2) is 0 Å². The third kappa shape index (κ3) is 2.85. The molecule has 1 aromatic carbocycles. The molecule has 1 fully saturated rings. The second-order valence-electron chi connectivity index (χ2n) is 3.70. The molecule has 0 aromatic heterocycles. The summed E-state index contributed by atoms with van der Waals surface area (Å²) in [5.74, 6) is -0.0326. The van der Waals surface area contributed by atoms with Crippen LogP contribution in [0.1, 0.15) is 6.42 Å². The lowest BCUT2D eigenvalue weighted by Crippen LogP contribution is -2.37. The van der Waals surface area contributed by atoms with E-state index < -0.39 is 21.9 Å². The fourth-order valence-corrected chi connectivity index (χ4v) is 4.32. The van der Waals surface area contributed by atoms with Crippen molar-refractivity contribution in [3.8, 4) is 0 Å². The minimum absolute atomic E-state index is 0.208. The number of benzene rings is 1. The van der Waals surface area contributed by atoms with E-state index in [9.17, 15) is 17.6 Å². The molecular formula is C10H9ClFNO3S2. The third-order valence-electron chi connectivity index (χ3n) is 2.42. The molecule has 1 heterocycles. The molecule has 0 aliphatic carbocycles. The smallest absolute Gasteiger partial charge is 0.242 e. The summed E-state index contributed by atoms with van der Waals surface area (Å²) in [5, 5.41) is -0.419. The molecule has 4 nitrogen and oxygen atoms in total. The summed E-state index contributed by atoms with van der Waals surface area (Å²) in [5.41, 5.74) is 0. The SMILES string of the molecule is O=C1SCC[C@H]1NS(=O)(=O)c1ccc(F)cc1Cl. The van der Waals surface area contributed by atoms with E-state index >= 15 is 0 Å². The van der Waals surface area contributed by atoms with E-state index in [0.29, 0.717) is 12.2 Å². The number of carbonyl (C=O) groups is 1. The van der Waals surface area contributed by atoms with E-state index in [0.717, 1.165) is 30.0 Å². The molecule has 0 bridgehead atoms. The van der Waals surface area contributed by atoms with Crippen molar-refractivity contribution in [2.75, 3.05) is 5.75 Å². The Balaban J connectivity index is 2.28. The number of hydrogen-bond acceptors (Lipinski definition) is 4. The minimum Gasteiger partial charge on any atom is -0.285 e. The molecule has 18 heavy (non-hydrogen) atoms. The fourth-order valence-electron chi connectivity index (χ4n) is 1.55. The molecule has 98 valence electrons. The lowest BCUT2D eigenvalue weighted by molar-refractivity contribution is -0.111. The standard InChI is InChI=1S/C10H9ClFNO3S2/c11-7-5-6(12)1-2-9(7)18(15,16)13-8-3-4-17-10(8)14/h1-2,5,8,13H,3-4H2/t8-/m1/s1. The summed E-state index contributed by atoms with van der Waals surface area (Å²) in [7, 11) is -3.91. The van der Waals surface area contributed by atoms with E-state index in [1.165, 1.54) is 0 Å². The minimum atomic E-state index is -3.91. The Morgan fingerprint density at radius 3 is 2.72 bits per heavy atom. The lowest BCUT2D eigenvalue weighted by atomic mass is 10.3. The van der Waals surface area contributed by atoms with Crippen molar-refractivity contribution in [2.45, 2.75) is 17.4 Å². The molecule has 0 saturated carbocycles. The van der Waals surface area contributed by atoms with Gasteiger partial charge in [-0.25, -0.2) is 12.8 Å². The maximum absolute atomic E-state index is 12.8. The normalized spacial score (nSPS) is 20.3. The number of hydrogen-bond donors (Lipinski definition) is 1. The van der Waals surface area contributed by atoms with Crippen molar-refractivity contribution in [3.63, 3.8) is 0 Å². The number of rotatable bonds is 3. The van der Waals surface area contributed by atoms with Gasteiger partial charge in [-0.1, -0.05) is 23.4 Å². The van der Waals surface area contributed by atoms with Crippen LogP contribution in [0.5, 0.6) is 0 Å². The Hall–Kier alpha value is -0.630. The summed E-state index contributed by atoms with van der Waals surface area (Å²) in [6.07, 6.45) is 0.446. The molecule has 0 spiro atoms. The van der Waals surface area contributed by atoms with Gasteiger partial charge in [-0.15, -0.1) is 0 Å². The molecule has 0 amide bonds. The molecule has 1 saturated heterocycles. The van der Waals surface area contributed by atoms with Crippen LogP contribution in [0.25, 0.3) is 0 Å². The molecular weight excluding hydrogens is 301 g/mol. The molecule has 0 radical (unpaired) electrons. The topological polar surface area (TPSA) is 63.2 Å². The Kier molecular flexibility index (Phi) is 3.96. The van der Waals surface area contributed by atoms with Crippen molar-refractivity contribution < 1.29 is 17.6 Å².